The second-order valence-corrected chi connectivity index (χ2v) is 5.37. The predicted molar refractivity (Wildman–Crippen MR) is 91.2 cm³/mol. The molecule has 0 radical (unpaired) electrons. The molecule has 0 atom stereocenters. The van der Waals surface area contributed by atoms with Gasteiger partial charge in [-0.1, -0.05) is 36.4 Å². The van der Waals surface area contributed by atoms with Crippen LogP contribution in [-0.2, 0) is 0 Å². The molecule has 6 heteroatoms. The first kappa shape index (κ1) is 16.7. The van der Waals surface area contributed by atoms with Crippen molar-refractivity contribution in [2.45, 2.75) is 6.18 Å². The highest BCUT2D eigenvalue weighted by molar-refractivity contribution is 6.05. The standard InChI is InChI=1S/C19H13F3N2O/c20-19(21,22)10-9-13-5-7-14(8-6-13)18(25)24-16-11-15-3-1-2-4-17(15)23-12-16/h1-12H,(H,24,25). The maximum atomic E-state index is 12.2. The first-order chi connectivity index (χ1) is 11.9. The van der Waals surface area contributed by atoms with Gasteiger partial charge in [0, 0.05) is 17.0 Å². The molecule has 0 unspecified atom stereocenters. The predicted octanol–water partition coefficient (Wildman–Crippen LogP) is 5.06. The normalized spacial score (nSPS) is 11.8. The van der Waals surface area contributed by atoms with E-state index in [2.05, 4.69) is 10.3 Å². The number of aromatic nitrogens is 1. The number of rotatable bonds is 3. The molecule has 0 spiro atoms. The molecule has 2 aromatic carbocycles. The fourth-order valence-corrected chi connectivity index (χ4v) is 2.28. The lowest BCUT2D eigenvalue weighted by atomic mass is 10.1. The van der Waals surface area contributed by atoms with E-state index in [1.54, 1.807) is 12.3 Å². The van der Waals surface area contributed by atoms with E-state index in [-0.39, 0.29) is 12.0 Å². The summed E-state index contributed by atoms with van der Waals surface area (Å²) < 4.78 is 36.4. The summed E-state index contributed by atoms with van der Waals surface area (Å²) in [5.74, 6) is -0.358. The lowest BCUT2D eigenvalue weighted by molar-refractivity contribution is -0.0790. The third kappa shape index (κ3) is 4.44. The summed E-state index contributed by atoms with van der Waals surface area (Å²) >= 11 is 0. The van der Waals surface area contributed by atoms with Gasteiger partial charge in [0.05, 0.1) is 17.4 Å². The molecule has 0 aliphatic carbocycles. The highest BCUT2D eigenvalue weighted by atomic mass is 19.4. The Labute approximate surface area is 141 Å². The number of nitrogens with zero attached hydrogens (tertiary/aromatic N) is 1. The third-order valence-electron chi connectivity index (χ3n) is 3.49. The van der Waals surface area contributed by atoms with E-state index in [0.29, 0.717) is 16.8 Å². The molecule has 1 aromatic heterocycles. The van der Waals surface area contributed by atoms with Gasteiger partial charge in [-0.25, -0.2) is 0 Å². The van der Waals surface area contributed by atoms with Gasteiger partial charge >= 0.3 is 6.18 Å². The zero-order chi connectivity index (χ0) is 17.9. The topological polar surface area (TPSA) is 42.0 Å². The number of alkyl halides is 3. The van der Waals surface area contributed by atoms with Crippen LogP contribution in [0.2, 0.25) is 0 Å². The molecular weight excluding hydrogens is 329 g/mol. The lowest BCUT2D eigenvalue weighted by Crippen LogP contribution is -2.11. The molecule has 3 aromatic rings. The monoisotopic (exact) mass is 342 g/mol. The molecule has 1 amide bonds. The van der Waals surface area contributed by atoms with Gasteiger partial charge < -0.3 is 5.32 Å². The van der Waals surface area contributed by atoms with Crippen molar-refractivity contribution in [1.29, 1.82) is 0 Å². The molecule has 3 rings (SSSR count). The van der Waals surface area contributed by atoms with Gasteiger partial charge in [0.2, 0.25) is 0 Å². The molecule has 0 bridgehead atoms. The van der Waals surface area contributed by atoms with Crippen LogP contribution in [0.5, 0.6) is 0 Å². The van der Waals surface area contributed by atoms with Crippen molar-refractivity contribution in [3.8, 4) is 0 Å². The Morgan fingerprint density at radius 3 is 2.48 bits per heavy atom. The van der Waals surface area contributed by atoms with Crippen molar-refractivity contribution in [1.82, 2.24) is 4.98 Å². The molecule has 3 nitrogen and oxygen atoms in total. The number of hydrogen-bond acceptors (Lipinski definition) is 2. The molecule has 1 N–H and O–H groups in total. The maximum absolute atomic E-state index is 12.2. The van der Waals surface area contributed by atoms with E-state index >= 15 is 0 Å². The van der Waals surface area contributed by atoms with Gasteiger partial charge in [0.25, 0.3) is 5.91 Å². The molecule has 0 saturated heterocycles. The summed E-state index contributed by atoms with van der Waals surface area (Å²) in [6, 6.07) is 15.2. The van der Waals surface area contributed by atoms with Crippen molar-refractivity contribution >= 4 is 28.6 Å². The summed E-state index contributed by atoms with van der Waals surface area (Å²) in [6.07, 6.45) is -1.70. The van der Waals surface area contributed by atoms with Crippen LogP contribution in [0.3, 0.4) is 0 Å². The SMILES string of the molecule is O=C(Nc1cnc2ccccc2c1)c1ccc(C=CC(F)(F)F)cc1. The Balaban J connectivity index is 1.73. The summed E-state index contributed by atoms with van der Waals surface area (Å²) in [5, 5.41) is 3.62. The van der Waals surface area contributed by atoms with Crippen molar-refractivity contribution in [3.63, 3.8) is 0 Å². The minimum Gasteiger partial charge on any atom is -0.321 e. The van der Waals surface area contributed by atoms with E-state index in [1.165, 1.54) is 24.3 Å². The highest BCUT2D eigenvalue weighted by Crippen LogP contribution is 2.19. The van der Waals surface area contributed by atoms with Gasteiger partial charge in [-0.15, -0.1) is 0 Å². The zero-order valence-corrected chi connectivity index (χ0v) is 12.9. The van der Waals surface area contributed by atoms with Gasteiger partial charge in [-0.05, 0) is 29.8 Å². The van der Waals surface area contributed by atoms with Gasteiger partial charge in [-0.2, -0.15) is 13.2 Å². The number of pyridine rings is 1. The average Bonchev–Trinajstić information content (AvgIpc) is 2.59. The molecule has 25 heavy (non-hydrogen) atoms. The number of carbonyl (C=O) groups is 1. The van der Waals surface area contributed by atoms with E-state index in [1.807, 2.05) is 24.3 Å². The van der Waals surface area contributed by atoms with Crippen LogP contribution < -0.4 is 5.32 Å². The van der Waals surface area contributed by atoms with Gasteiger partial charge in [0.1, 0.15) is 0 Å². The number of para-hydroxylation sites is 1. The largest absolute Gasteiger partial charge is 0.409 e. The average molecular weight is 342 g/mol. The Hall–Kier alpha value is -3.15. The fraction of sp³-hybridized carbons (Fsp3) is 0.0526. The van der Waals surface area contributed by atoms with Crippen LogP contribution >= 0.6 is 0 Å². The smallest absolute Gasteiger partial charge is 0.321 e. The number of amides is 1. The minimum absolute atomic E-state index is 0.156. The quantitative estimate of drug-likeness (QED) is 0.723. The van der Waals surface area contributed by atoms with E-state index in [9.17, 15) is 18.0 Å². The Bertz CT molecular complexity index is 931. The number of benzene rings is 2. The first-order valence-corrected chi connectivity index (χ1v) is 7.43. The number of carbonyl (C=O) groups excluding carboxylic acids is 1. The zero-order valence-electron chi connectivity index (χ0n) is 12.9. The second kappa shape index (κ2) is 6.76. The Morgan fingerprint density at radius 2 is 1.76 bits per heavy atom. The number of anilines is 1. The van der Waals surface area contributed by atoms with Crippen molar-refractivity contribution in [3.05, 3.63) is 78.0 Å². The van der Waals surface area contributed by atoms with Crippen molar-refractivity contribution < 1.29 is 18.0 Å². The molecule has 0 aliphatic heterocycles. The fourth-order valence-electron chi connectivity index (χ4n) is 2.28. The first-order valence-electron chi connectivity index (χ1n) is 7.43. The second-order valence-electron chi connectivity index (χ2n) is 5.37. The highest BCUT2D eigenvalue weighted by Gasteiger charge is 2.21. The summed E-state index contributed by atoms with van der Waals surface area (Å²) in [5.41, 5.74) is 2.07. The van der Waals surface area contributed by atoms with Crippen molar-refractivity contribution in [2.24, 2.45) is 0 Å². The van der Waals surface area contributed by atoms with Crippen molar-refractivity contribution in [2.75, 3.05) is 5.32 Å². The van der Waals surface area contributed by atoms with Crippen LogP contribution in [0.15, 0.2) is 66.9 Å². The molecule has 0 aliphatic rings. The van der Waals surface area contributed by atoms with Crippen LogP contribution in [0.1, 0.15) is 15.9 Å². The number of hydrogen-bond donors (Lipinski definition) is 1. The Kier molecular flexibility index (Phi) is 4.52. The molecular formula is C19H13F3N2O. The van der Waals surface area contributed by atoms with E-state index in [0.717, 1.165) is 17.0 Å². The minimum atomic E-state index is -4.36. The van der Waals surface area contributed by atoms with Crippen LogP contribution in [-0.4, -0.2) is 17.1 Å². The Morgan fingerprint density at radius 1 is 1.04 bits per heavy atom. The lowest BCUT2D eigenvalue weighted by Gasteiger charge is -2.06. The molecule has 0 fully saturated rings. The third-order valence-corrected chi connectivity index (χ3v) is 3.49. The van der Waals surface area contributed by atoms with Gasteiger partial charge in [0.15, 0.2) is 0 Å². The summed E-state index contributed by atoms with van der Waals surface area (Å²) in [6.45, 7) is 0. The summed E-state index contributed by atoms with van der Waals surface area (Å²) in [4.78, 5) is 16.5. The number of fused-ring (bicyclic) bond motifs is 1. The number of halogens is 3. The van der Waals surface area contributed by atoms with E-state index in [4.69, 9.17) is 0 Å². The molecule has 0 saturated carbocycles. The summed E-state index contributed by atoms with van der Waals surface area (Å²) in [7, 11) is 0. The van der Waals surface area contributed by atoms with E-state index < -0.39 is 6.18 Å². The van der Waals surface area contributed by atoms with Crippen LogP contribution in [0, 0.1) is 0 Å². The maximum Gasteiger partial charge on any atom is 0.409 e. The molecule has 126 valence electrons. The molecule has 1 heterocycles. The number of nitrogens with one attached hydrogen (secondary N) is 1. The van der Waals surface area contributed by atoms with Crippen LogP contribution in [0.4, 0.5) is 18.9 Å². The van der Waals surface area contributed by atoms with Gasteiger partial charge in [-0.3, -0.25) is 9.78 Å². The number of allylic oxidation sites excluding steroid dienone is 1. The van der Waals surface area contributed by atoms with Crippen LogP contribution in [0.25, 0.3) is 17.0 Å².